The number of amides is 1. The fraction of sp³-hybridized carbons (Fsp3) is 0.217. The van der Waals surface area contributed by atoms with Crippen LogP contribution in [0.4, 0.5) is 11.6 Å². The molecule has 2 aromatic heterocycles. The average molecular weight is 414 g/mol. The van der Waals surface area contributed by atoms with E-state index in [1.165, 1.54) is 6.92 Å². The quantitative estimate of drug-likeness (QED) is 0.552. The van der Waals surface area contributed by atoms with Crippen LogP contribution < -0.4 is 10.2 Å². The third-order valence-electron chi connectivity index (χ3n) is 5.17. The molecular weight excluding hydrogens is 392 g/mol. The average Bonchev–Trinajstić information content (AvgIpc) is 3.23. The van der Waals surface area contributed by atoms with E-state index in [9.17, 15) is 4.79 Å². The van der Waals surface area contributed by atoms with E-state index in [2.05, 4.69) is 15.2 Å². The molecule has 31 heavy (non-hydrogen) atoms. The third-order valence-corrected chi connectivity index (χ3v) is 5.17. The molecule has 0 saturated carbocycles. The lowest BCUT2D eigenvalue weighted by molar-refractivity contribution is -0.114. The van der Waals surface area contributed by atoms with Crippen LogP contribution in [0.2, 0.25) is 0 Å². The van der Waals surface area contributed by atoms with Gasteiger partial charge in [0.25, 0.3) is 0 Å². The molecule has 1 N–H and O–H groups in total. The van der Waals surface area contributed by atoms with Gasteiger partial charge in [-0.15, -0.1) is 0 Å². The van der Waals surface area contributed by atoms with E-state index in [0.29, 0.717) is 30.4 Å². The molecule has 8 nitrogen and oxygen atoms in total. The van der Waals surface area contributed by atoms with Gasteiger partial charge >= 0.3 is 0 Å². The maximum absolute atomic E-state index is 11.5. The summed E-state index contributed by atoms with van der Waals surface area (Å²) in [7, 11) is 0. The van der Waals surface area contributed by atoms with Gasteiger partial charge in [-0.2, -0.15) is 4.98 Å². The minimum absolute atomic E-state index is 0.118. The van der Waals surface area contributed by atoms with Crippen molar-refractivity contribution in [3.63, 3.8) is 0 Å². The molecular formula is C23H22N6O2. The van der Waals surface area contributed by atoms with Crippen molar-refractivity contribution in [1.29, 1.82) is 0 Å². The number of morpholine rings is 1. The van der Waals surface area contributed by atoms with Crippen molar-refractivity contribution in [1.82, 2.24) is 19.5 Å². The lowest BCUT2D eigenvalue weighted by atomic mass is 10.1. The predicted molar refractivity (Wildman–Crippen MR) is 119 cm³/mol. The molecule has 0 bridgehead atoms. The summed E-state index contributed by atoms with van der Waals surface area (Å²) in [5, 5.41) is 2.84. The van der Waals surface area contributed by atoms with E-state index in [4.69, 9.17) is 14.7 Å². The molecule has 5 rings (SSSR count). The zero-order valence-corrected chi connectivity index (χ0v) is 17.2. The van der Waals surface area contributed by atoms with E-state index in [1.54, 1.807) is 6.33 Å². The maximum atomic E-state index is 11.5. The van der Waals surface area contributed by atoms with Gasteiger partial charge in [-0.3, -0.25) is 9.36 Å². The van der Waals surface area contributed by atoms with E-state index in [1.807, 2.05) is 59.2 Å². The first-order valence-electron chi connectivity index (χ1n) is 10.2. The van der Waals surface area contributed by atoms with Gasteiger partial charge < -0.3 is 15.0 Å². The number of aromatic nitrogens is 4. The Morgan fingerprint density at radius 3 is 2.61 bits per heavy atom. The molecule has 2 aromatic carbocycles. The van der Waals surface area contributed by atoms with Gasteiger partial charge in [0, 0.05) is 37.0 Å². The van der Waals surface area contributed by atoms with Gasteiger partial charge in [0.05, 0.1) is 13.2 Å². The second-order valence-corrected chi connectivity index (χ2v) is 7.36. The van der Waals surface area contributed by atoms with Crippen LogP contribution in [0.5, 0.6) is 0 Å². The Bertz CT molecular complexity index is 1230. The Hall–Kier alpha value is -3.78. The minimum atomic E-state index is -0.118. The van der Waals surface area contributed by atoms with Gasteiger partial charge in [-0.1, -0.05) is 30.3 Å². The molecule has 1 aliphatic heterocycles. The van der Waals surface area contributed by atoms with Crippen LogP contribution in [0.25, 0.3) is 28.1 Å². The number of benzene rings is 2. The number of carbonyl (C=O) groups excluding carboxylic acids is 1. The number of nitrogens with zero attached hydrogens (tertiary/aromatic N) is 5. The SMILES string of the molecule is CC(=O)Nc1cccc(-c2nc(N3CCOCC3)nc3c2ncn3-c2ccccc2)c1. The van der Waals surface area contributed by atoms with Gasteiger partial charge in [0.2, 0.25) is 11.9 Å². The molecule has 0 atom stereocenters. The normalized spacial score (nSPS) is 14.0. The van der Waals surface area contributed by atoms with Crippen molar-refractivity contribution < 1.29 is 9.53 Å². The van der Waals surface area contributed by atoms with Crippen molar-refractivity contribution in [3.8, 4) is 16.9 Å². The maximum Gasteiger partial charge on any atom is 0.228 e. The Labute approximate surface area is 179 Å². The zero-order valence-electron chi connectivity index (χ0n) is 17.2. The van der Waals surface area contributed by atoms with E-state index in [-0.39, 0.29) is 5.91 Å². The van der Waals surface area contributed by atoms with Crippen LogP contribution in [0.15, 0.2) is 60.9 Å². The van der Waals surface area contributed by atoms with Gasteiger partial charge in [0.15, 0.2) is 5.65 Å². The summed E-state index contributed by atoms with van der Waals surface area (Å²) in [6.07, 6.45) is 1.78. The summed E-state index contributed by atoms with van der Waals surface area (Å²) < 4.78 is 7.47. The van der Waals surface area contributed by atoms with E-state index >= 15 is 0 Å². The molecule has 1 aliphatic rings. The highest BCUT2D eigenvalue weighted by molar-refractivity contribution is 5.92. The highest BCUT2D eigenvalue weighted by Crippen LogP contribution is 2.30. The fourth-order valence-corrected chi connectivity index (χ4v) is 3.72. The fourth-order valence-electron chi connectivity index (χ4n) is 3.72. The molecule has 8 heteroatoms. The molecule has 0 spiro atoms. The van der Waals surface area contributed by atoms with Gasteiger partial charge in [-0.25, -0.2) is 9.97 Å². The summed E-state index contributed by atoms with van der Waals surface area (Å²) in [4.78, 5) is 28.1. The molecule has 0 unspecified atom stereocenters. The monoisotopic (exact) mass is 414 g/mol. The highest BCUT2D eigenvalue weighted by Gasteiger charge is 2.20. The van der Waals surface area contributed by atoms with E-state index in [0.717, 1.165) is 35.7 Å². The molecule has 1 saturated heterocycles. The van der Waals surface area contributed by atoms with Crippen molar-refractivity contribution in [2.75, 3.05) is 36.5 Å². The topological polar surface area (TPSA) is 85.2 Å². The summed E-state index contributed by atoms with van der Waals surface area (Å²) in [5.41, 5.74) is 4.74. The largest absolute Gasteiger partial charge is 0.378 e. The lowest BCUT2D eigenvalue weighted by Gasteiger charge is -2.27. The van der Waals surface area contributed by atoms with Crippen LogP contribution >= 0.6 is 0 Å². The van der Waals surface area contributed by atoms with Crippen LogP contribution in [-0.2, 0) is 9.53 Å². The van der Waals surface area contributed by atoms with Gasteiger partial charge in [0.1, 0.15) is 17.5 Å². The van der Waals surface area contributed by atoms with E-state index < -0.39 is 0 Å². The number of fused-ring (bicyclic) bond motifs is 1. The first-order chi connectivity index (χ1) is 15.2. The van der Waals surface area contributed by atoms with Crippen molar-refractivity contribution in [2.24, 2.45) is 0 Å². The number of carbonyl (C=O) groups is 1. The first kappa shape index (κ1) is 19.2. The Kier molecular flexibility index (Phi) is 5.05. The standard InChI is InChI=1S/C23H22N6O2/c1-16(30)25-18-7-5-6-17(14-18)20-21-22(27-23(26-20)28-10-12-31-13-11-28)29(15-24-21)19-8-3-2-4-9-19/h2-9,14-15H,10-13H2,1H3,(H,25,30). The molecule has 1 amide bonds. The van der Waals surface area contributed by atoms with Crippen LogP contribution in [0, 0.1) is 0 Å². The summed E-state index contributed by atoms with van der Waals surface area (Å²) in [5.74, 6) is 0.528. The molecule has 0 aliphatic carbocycles. The van der Waals surface area contributed by atoms with Crippen LogP contribution in [0.1, 0.15) is 6.92 Å². The number of hydrogen-bond acceptors (Lipinski definition) is 6. The smallest absolute Gasteiger partial charge is 0.228 e. The summed E-state index contributed by atoms with van der Waals surface area (Å²) >= 11 is 0. The Balaban J connectivity index is 1.69. The van der Waals surface area contributed by atoms with Crippen molar-refractivity contribution in [2.45, 2.75) is 6.92 Å². The number of para-hydroxylation sites is 1. The highest BCUT2D eigenvalue weighted by atomic mass is 16.5. The number of nitrogens with one attached hydrogen (secondary N) is 1. The molecule has 3 heterocycles. The molecule has 1 fully saturated rings. The molecule has 4 aromatic rings. The zero-order chi connectivity index (χ0) is 21.2. The second-order valence-electron chi connectivity index (χ2n) is 7.36. The minimum Gasteiger partial charge on any atom is -0.378 e. The lowest BCUT2D eigenvalue weighted by Crippen LogP contribution is -2.37. The first-order valence-corrected chi connectivity index (χ1v) is 10.2. The number of ether oxygens (including phenoxy) is 1. The number of hydrogen-bond donors (Lipinski definition) is 1. The third kappa shape index (κ3) is 3.85. The summed E-state index contributed by atoms with van der Waals surface area (Å²) in [6, 6.07) is 17.6. The summed E-state index contributed by atoms with van der Waals surface area (Å²) in [6.45, 7) is 4.25. The number of anilines is 2. The van der Waals surface area contributed by atoms with Crippen molar-refractivity contribution >= 4 is 28.7 Å². The van der Waals surface area contributed by atoms with Crippen LogP contribution in [0.3, 0.4) is 0 Å². The second kappa shape index (κ2) is 8.16. The van der Waals surface area contributed by atoms with Crippen LogP contribution in [-0.4, -0.2) is 51.7 Å². The Morgan fingerprint density at radius 2 is 1.84 bits per heavy atom. The molecule has 156 valence electrons. The Morgan fingerprint density at radius 1 is 1.03 bits per heavy atom. The van der Waals surface area contributed by atoms with Gasteiger partial charge in [-0.05, 0) is 24.3 Å². The molecule has 0 radical (unpaired) electrons. The predicted octanol–water partition coefficient (Wildman–Crippen LogP) is 3.28. The number of rotatable bonds is 4. The number of imidazole rings is 1. The van der Waals surface area contributed by atoms with Crippen molar-refractivity contribution in [3.05, 3.63) is 60.9 Å².